The Hall–Kier alpha value is -2.02. The normalized spacial score (nSPS) is 9.67. The van der Waals surface area contributed by atoms with Gasteiger partial charge in [-0.3, -0.25) is 4.79 Å². The van der Waals surface area contributed by atoms with Crippen LogP contribution in [-0.4, -0.2) is 31.0 Å². The lowest BCUT2D eigenvalue weighted by Crippen LogP contribution is -2.32. The molecule has 1 aromatic carbocycles. The molecule has 0 bridgehead atoms. The van der Waals surface area contributed by atoms with Crippen molar-refractivity contribution in [2.24, 2.45) is 0 Å². The highest BCUT2D eigenvalue weighted by Crippen LogP contribution is 2.21. The third-order valence-electron chi connectivity index (χ3n) is 2.63. The number of hydrogen-bond donors (Lipinski definition) is 0. The first kappa shape index (κ1) is 14.0. The van der Waals surface area contributed by atoms with Crippen LogP contribution in [0.4, 0.5) is 0 Å². The fraction of sp³-hybridized carbons (Fsp3) is 0.429. The summed E-state index contributed by atoms with van der Waals surface area (Å²) < 4.78 is 5.20. The Kier molecular flexibility index (Phi) is 5.19. The summed E-state index contributed by atoms with van der Waals surface area (Å²) in [7, 11) is 1.54. The molecule has 0 heterocycles. The van der Waals surface area contributed by atoms with Crippen LogP contribution >= 0.6 is 0 Å². The summed E-state index contributed by atoms with van der Waals surface area (Å²) in [5.41, 5.74) is 1.51. The molecule has 0 aliphatic heterocycles. The standard InChI is InChI=1S/C14H18N2O2/c1-4-8-16(9-7-15)14(17)12-10-11(2)5-6-13(12)18-3/h5-6,10H,4,8-9H2,1-3H3. The second-order valence-corrected chi connectivity index (χ2v) is 4.09. The van der Waals surface area contributed by atoms with Gasteiger partial charge in [0, 0.05) is 6.54 Å². The van der Waals surface area contributed by atoms with Crippen molar-refractivity contribution in [1.82, 2.24) is 4.90 Å². The molecule has 0 aliphatic carbocycles. The van der Waals surface area contributed by atoms with E-state index in [1.807, 2.05) is 26.0 Å². The number of nitrogens with zero attached hydrogens (tertiary/aromatic N) is 2. The van der Waals surface area contributed by atoms with E-state index in [-0.39, 0.29) is 12.5 Å². The summed E-state index contributed by atoms with van der Waals surface area (Å²) in [6.07, 6.45) is 0.821. The number of amides is 1. The fourth-order valence-electron chi connectivity index (χ4n) is 1.77. The highest BCUT2D eigenvalue weighted by molar-refractivity contribution is 5.97. The van der Waals surface area contributed by atoms with E-state index in [1.54, 1.807) is 12.1 Å². The summed E-state index contributed by atoms with van der Waals surface area (Å²) in [6.45, 7) is 4.57. The molecule has 4 nitrogen and oxygen atoms in total. The molecule has 0 fully saturated rings. The van der Waals surface area contributed by atoms with Crippen molar-refractivity contribution in [3.05, 3.63) is 29.3 Å². The maximum absolute atomic E-state index is 12.4. The first-order valence-electron chi connectivity index (χ1n) is 5.94. The summed E-state index contributed by atoms with van der Waals surface area (Å²) in [4.78, 5) is 13.9. The molecule has 0 atom stereocenters. The number of nitriles is 1. The molecular weight excluding hydrogens is 228 g/mol. The Labute approximate surface area is 108 Å². The lowest BCUT2D eigenvalue weighted by atomic mass is 10.1. The molecule has 0 saturated heterocycles. The number of hydrogen-bond acceptors (Lipinski definition) is 3. The van der Waals surface area contributed by atoms with Crippen LogP contribution in [0, 0.1) is 18.3 Å². The molecule has 0 N–H and O–H groups in total. The minimum absolute atomic E-state index is 0.101. The van der Waals surface area contributed by atoms with E-state index in [9.17, 15) is 4.79 Å². The quantitative estimate of drug-likeness (QED) is 0.749. The predicted octanol–water partition coefficient (Wildman–Crippen LogP) is 2.38. The van der Waals surface area contributed by atoms with Gasteiger partial charge >= 0.3 is 0 Å². The Bertz CT molecular complexity index is 463. The first-order chi connectivity index (χ1) is 8.63. The Morgan fingerprint density at radius 3 is 2.78 bits per heavy atom. The van der Waals surface area contributed by atoms with Gasteiger partial charge in [-0.05, 0) is 25.5 Å². The van der Waals surface area contributed by atoms with E-state index in [1.165, 1.54) is 12.0 Å². The topological polar surface area (TPSA) is 53.3 Å². The number of rotatable bonds is 5. The monoisotopic (exact) mass is 246 g/mol. The minimum Gasteiger partial charge on any atom is -0.496 e. The highest BCUT2D eigenvalue weighted by Gasteiger charge is 2.18. The summed E-state index contributed by atoms with van der Waals surface area (Å²) in [5, 5.41) is 8.77. The molecule has 18 heavy (non-hydrogen) atoms. The molecule has 0 unspecified atom stereocenters. The molecule has 1 aromatic rings. The SMILES string of the molecule is CCCN(CC#N)C(=O)c1cc(C)ccc1OC. The van der Waals surface area contributed by atoms with Gasteiger partial charge in [-0.1, -0.05) is 18.6 Å². The summed E-state index contributed by atoms with van der Waals surface area (Å²) >= 11 is 0. The van der Waals surface area contributed by atoms with Gasteiger partial charge in [0.25, 0.3) is 5.91 Å². The molecule has 0 spiro atoms. The van der Waals surface area contributed by atoms with Crippen LogP contribution in [-0.2, 0) is 0 Å². The van der Waals surface area contributed by atoms with Crippen LogP contribution in [0.15, 0.2) is 18.2 Å². The number of aryl methyl sites for hydroxylation is 1. The van der Waals surface area contributed by atoms with Crippen LogP contribution in [0.25, 0.3) is 0 Å². The van der Waals surface area contributed by atoms with Gasteiger partial charge in [-0.15, -0.1) is 0 Å². The van der Waals surface area contributed by atoms with E-state index >= 15 is 0 Å². The number of methoxy groups -OCH3 is 1. The van der Waals surface area contributed by atoms with E-state index < -0.39 is 0 Å². The van der Waals surface area contributed by atoms with Gasteiger partial charge in [0.1, 0.15) is 12.3 Å². The highest BCUT2D eigenvalue weighted by atomic mass is 16.5. The number of carbonyl (C=O) groups is 1. The Morgan fingerprint density at radius 1 is 1.50 bits per heavy atom. The van der Waals surface area contributed by atoms with Crippen molar-refractivity contribution in [2.75, 3.05) is 20.2 Å². The predicted molar refractivity (Wildman–Crippen MR) is 69.5 cm³/mol. The average Bonchev–Trinajstić information content (AvgIpc) is 2.37. The van der Waals surface area contributed by atoms with Crippen molar-refractivity contribution >= 4 is 5.91 Å². The zero-order valence-corrected chi connectivity index (χ0v) is 11.1. The molecule has 0 aromatic heterocycles. The zero-order chi connectivity index (χ0) is 13.5. The third-order valence-corrected chi connectivity index (χ3v) is 2.63. The van der Waals surface area contributed by atoms with Crippen molar-refractivity contribution in [3.63, 3.8) is 0 Å². The van der Waals surface area contributed by atoms with E-state index in [2.05, 4.69) is 0 Å². The molecule has 4 heteroatoms. The molecule has 1 amide bonds. The molecule has 0 aliphatic rings. The zero-order valence-electron chi connectivity index (χ0n) is 11.1. The summed E-state index contributed by atoms with van der Waals surface area (Å²) in [5.74, 6) is 0.392. The second kappa shape index (κ2) is 6.65. The number of ether oxygens (including phenoxy) is 1. The van der Waals surface area contributed by atoms with Crippen molar-refractivity contribution in [1.29, 1.82) is 5.26 Å². The van der Waals surface area contributed by atoms with Crippen LogP contribution in [0.1, 0.15) is 29.3 Å². The second-order valence-electron chi connectivity index (χ2n) is 4.09. The maximum atomic E-state index is 12.4. The smallest absolute Gasteiger partial charge is 0.258 e. The van der Waals surface area contributed by atoms with Crippen LogP contribution in [0.3, 0.4) is 0 Å². The van der Waals surface area contributed by atoms with Crippen molar-refractivity contribution < 1.29 is 9.53 Å². The van der Waals surface area contributed by atoms with Crippen molar-refractivity contribution in [2.45, 2.75) is 20.3 Å². The van der Waals surface area contributed by atoms with Gasteiger partial charge < -0.3 is 9.64 Å². The average molecular weight is 246 g/mol. The van der Waals surface area contributed by atoms with Crippen LogP contribution in [0.5, 0.6) is 5.75 Å². The van der Waals surface area contributed by atoms with Crippen LogP contribution < -0.4 is 4.74 Å². The molecule has 1 rings (SSSR count). The number of benzene rings is 1. The fourth-order valence-corrected chi connectivity index (χ4v) is 1.77. The third kappa shape index (κ3) is 3.24. The molecular formula is C14H18N2O2. The summed E-state index contributed by atoms with van der Waals surface area (Å²) in [6, 6.07) is 7.48. The van der Waals surface area contributed by atoms with Crippen molar-refractivity contribution in [3.8, 4) is 11.8 Å². The van der Waals surface area contributed by atoms with Gasteiger partial charge in [-0.2, -0.15) is 5.26 Å². The van der Waals surface area contributed by atoms with E-state index in [4.69, 9.17) is 10.00 Å². The van der Waals surface area contributed by atoms with E-state index in [0.29, 0.717) is 17.9 Å². The molecule has 0 radical (unpaired) electrons. The lowest BCUT2D eigenvalue weighted by molar-refractivity contribution is 0.0772. The van der Waals surface area contributed by atoms with Gasteiger partial charge in [0.05, 0.1) is 18.7 Å². The largest absolute Gasteiger partial charge is 0.496 e. The minimum atomic E-state index is -0.154. The first-order valence-corrected chi connectivity index (χ1v) is 5.94. The maximum Gasteiger partial charge on any atom is 0.258 e. The van der Waals surface area contributed by atoms with Gasteiger partial charge in [0.15, 0.2) is 0 Å². The molecule has 96 valence electrons. The Balaban J connectivity index is 3.07. The van der Waals surface area contributed by atoms with E-state index in [0.717, 1.165) is 12.0 Å². The lowest BCUT2D eigenvalue weighted by Gasteiger charge is -2.20. The Morgan fingerprint density at radius 2 is 2.22 bits per heavy atom. The van der Waals surface area contributed by atoms with Crippen LogP contribution in [0.2, 0.25) is 0 Å². The van der Waals surface area contributed by atoms with Gasteiger partial charge in [0.2, 0.25) is 0 Å². The number of carbonyl (C=O) groups excluding carboxylic acids is 1. The molecule has 0 saturated carbocycles. The van der Waals surface area contributed by atoms with Gasteiger partial charge in [-0.25, -0.2) is 0 Å².